The average Bonchev–Trinajstić information content (AvgIpc) is 2.76. The lowest BCUT2D eigenvalue weighted by atomic mass is 9.93. The minimum Gasteiger partial charge on any atom is -0.423 e. The first-order valence-electron chi connectivity index (χ1n) is 8.56. The zero-order valence-corrected chi connectivity index (χ0v) is 17.0. The molecule has 1 aromatic carbocycles. The number of carbonyl (C=O) groups is 2. The molecule has 0 atom stereocenters. The van der Waals surface area contributed by atoms with Crippen LogP contribution in [-0.4, -0.2) is 35.9 Å². The molecule has 0 aliphatic carbocycles. The van der Waals surface area contributed by atoms with Crippen LogP contribution in [-0.2, 0) is 23.9 Å². The van der Waals surface area contributed by atoms with Crippen molar-refractivity contribution in [3.8, 4) is 0 Å². The van der Waals surface area contributed by atoms with E-state index in [-0.39, 0.29) is 23.2 Å². The van der Waals surface area contributed by atoms with E-state index in [1.807, 2.05) is 39.0 Å². The number of hydroxylamine groups is 2. The van der Waals surface area contributed by atoms with Crippen LogP contribution in [0.25, 0.3) is 5.57 Å². The molecule has 0 unspecified atom stereocenters. The first-order valence-corrected chi connectivity index (χ1v) is 8.93. The van der Waals surface area contributed by atoms with E-state index >= 15 is 0 Å². The molecule has 0 radical (unpaired) electrons. The van der Waals surface area contributed by atoms with Crippen LogP contribution in [0.4, 0.5) is 0 Å². The van der Waals surface area contributed by atoms with Crippen LogP contribution < -0.4 is 0 Å². The first-order chi connectivity index (χ1) is 12.6. The Labute approximate surface area is 164 Å². The quantitative estimate of drug-likeness (QED) is 0.304. The molecule has 1 aliphatic rings. The summed E-state index contributed by atoms with van der Waals surface area (Å²) in [6.07, 6.45) is 0. The molecular formula is C20H24ClNO5. The molecule has 27 heavy (non-hydrogen) atoms. The van der Waals surface area contributed by atoms with E-state index in [1.165, 1.54) is 5.06 Å². The number of benzene rings is 1. The van der Waals surface area contributed by atoms with Crippen LogP contribution in [0, 0.1) is 13.8 Å². The van der Waals surface area contributed by atoms with Crippen molar-refractivity contribution >= 4 is 29.1 Å². The second-order valence-corrected chi connectivity index (χ2v) is 7.12. The lowest BCUT2D eigenvalue weighted by Crippen LogP contribution is -2.44. The molecule has 146 valence electrons. The molecule has 0 saturated carbocycles. The van der Waals surface area contributed by atoms with Gasteiger partial charge in [0.2, 0.25) is 0 Å². The van der Waals surface area contributed by atoms with Gasteiger partial charge in [-0.1, -0.05) is 36.4 Å². The summed E-state index contributed by atoms with van der Waals surface area (Å²) in [5.41, 5.74) is 1.65. The Hall–Kier alpha value is -2.15. The monoisotopic (exact) mass is 393 g/mol. The van der Waals surface area contributed by atoms with E-state index in [0.717, 1.165) is 11.1 Å². The summed E-state index contributed by atoms with van der Waals surface area (Å²) in [5.74, 6) is -1.07. The van der Waals surface area contributed by atoms with Crippen LogP contribution in [0.15, 0.2) is 35.6 Å². The highest BCUT2D eigenvalue weighted by atomic mass is 35.5. The average molecular weight is 394 g/mol. The van der Waals surface area contributed by atoms with Crippen molar-refractivity contribution in [1.29, 1.82) is 0 Å². The number of halogens is 1. The summed E-state index contributed by atoms with van der Waals surface area (Å²) >= 11 is 5.69. The molecule has 6 nitrogen and oxygen atoms in total. The Kier molecular flexibility index (Phi) is 6.46. The molecule has 0 N–H and O–H groups in total. The number of amides is 1. The number of nitrogens with zero attached hydrogens (tertiary/aromatic N) is 1. The Morgan fingerprint density at radius 1 is 1.26 bits per heavy atom. The third-order valence-corrected chi connectivity index (χ3v) is 4.46. The van der Waals surface area contributed by atoms with Crippen molar-refractivity contribution in [2.24, 2.45) is 0 Å². The molecule has 7 heteroatoms. The van der Waals surface area contributed by atoms with Crippen LogP contribution in [0.2, 0.25) is 0 Å². The van der Waals surface area contributed by atoms with Gasteiger partial charge in [0, 0.05) is 6.61 Å². The van der Waals surface area contributed by atoms with Gasteiger partial charge in [0.1, 0.15) is 16.3 Å². The van der Waals surface area contributed by atoms with E-state index in [0.29, 0.717) is 12.2 Å². The lowest BCUT2D eigenvalue weighted by molar-refractivity contribution is -0.243. The van der Waals surface area contributed by atoms with Gasteiger partial charge in [0.25, 0.3) is 5.91 Å². The summed E-state index contributed by atoms with van der Waals surface area (Å²) < 4.78 is 10.7. The van der Waals surface area contributed by atoms with Crippen molar-refractivity contribution in [2.45, 2.75) is 40.2 Å². The van der Waals surface area contributed by atoms with Crippen molar-refractivity contribution < 1.29 is 23.9 Å². The number of rotatable bonds is 7. The number of carbonyl (C=O) groups excluding carboxylic acids is 2. The Balaban J connectivity index is 2.61. The second-order valence-electron chi connectivity index (χ2n) is 6.66. The van der Waals surface area contributed by atoms with E-state index in [2.05, 4.69) is 6.58 Å². The molecule has 1 aromatic rings. The second kappa shape index (κ2) is 8.25. The van der Waals surface area contributed by atoms with Gasteiger partial charge in [0.15, 0.2) is 6.79 Å². The van der Waals surface area contributed by atoms with E-state index in [1.54, 1.807) is 13.8 Å². The molecular weight excluding hydrogens is 370 g/mol. The molecule has 0 saturated heterocycles. The summed E-state index contributed by atoms with van der Waals surface area (Å²) in [4.78, 5) is 30.9. The SMILES string of the molecule is C=C(Cl)C(=O)OC1=C(c2c(C)cccc2C)C(=O)N(OCOCC)C1(C)C. The van der Waals surface area contributed by atoms with Gasteiger partial charge >= 0.3 is 5.97 Å². The minimum atomic E-state index is -1.06. The Morgan fingerprint density at radius 3 is 2.37 bits per heavy atom. The minimum absolute atomic E-state index is 0.102. The van der Waals surface area contributed by atoms with Crippen LogP contribution >= 0.6 is 11.6 Å². The predicted molar refractivity (Wildman–Crippen MR) is 102 cm³/mol. The molecule has 0 spiro atoms. The Bertz CT molecular complexity index is 792. The lowest BCUT2D eigenvalue weighted by Gasteiger charge is -2.31. The number of aryl methyl sites for hydroxylation is 2. The van der Waals surface area contributed by atoms with Crippen molar-refractivity contribution in [2.75, 3.05) is 13.4 Å². The molecule has 0 aromatic heterocycles. The molecule has 1 amide bonds. The molecule has 0 bridgehead atoms. The maximum Gasteiger partial charge on any atom is 0.354 e. The van der Waals surface area contributed by atoms with Gasteiger partial charge in [-0.05, 0) is 51.3 Å². The maximum atomic E-state index is 13.2. The molecule has 1 heterocycles. The van der Waals surface area contributed by atoms with Crippen molar-refractivity contribution in [3.63, 3.8) is 0 Å². The van der Waals surface area contributed by atoms with Gasteiger partial charge in [0.05, 0.1) is 5.57 Å². The molecule has 0 fully saturated rings. The highest BCUT2D eigenvalue weighted by Crippen LogP contribution is 2.43. The summed E-state index contributed by atoms with van der Waals surface area (Å²) in [6.45, 7) is 12.8. The summed E-state index contributed by atoms with van der Waals surface area (Å²) in [6, 6.07) is 5.67. The van der Waals surface area contributed by atoms with Gasteiger partial charge in [-0.15, -0.1) is 0 Å². The third-order valence-electron chi connectivity index (χ3n) is 4.31. The zero-order chi connectivity index (χ0) is 20.4. The number of hydrogen-bond donors (Lipinski definition) is 0. The number of esters is 1. The van der Waals surface area contributed by atoms with Gasteiger partial charge in [-0.25, -0.2) is 14.7 Å². The highest BCUT2D eigenvalue weighted by Gasteiger charge is 2.50. The van der Waals surface area contributed by atoms with E-state index in [4.69, 9.17) is 25.9 Å². The van der Waals surface area contributed by atoms with E-state index < -0.39 is 17.4 Å². The topological polar surface area (TPSA) is 65.1 Å². The fraction of sp³-hybridized carbons (Fsp3) is 0.400. The molecule has 1 aliphatic heterocycles. The fourth-order valence-corrected chi connectivity index (χ4v) is 3.04. The van der Waals surface area contributed by atoms with Crippen molar-refractivity contribution in [3.05, 3.63) is 52.3 Å². The van der Waals surface area contributed by atoms with Gasteiger partial charge in [-0.3, -0.25) is 4.79 Å². The summed E-state index contributed by atoms with van der Waals surface area (Å²) in [5, 5.41) is 0.893. The van der Waals surface area contributed by atoms with E-state index in [9.17, 15) is 9.59 Å². The third kappa shape index (κ3) is 4.08. The zero-order valence-electron chi connectivity index (χ0n) is 16.2. The van der Waals surface area contributed by atoms with Crippen LogP contribution in [0.1, 0.15) is 37.5 Å². The first kappa shape index (κ1) is 21.2. The van der Waals surface area contributed by atoms with Crippen molar-refractivity contribution in [1.82, 2.24) is 5.06 Å². The largest absolute Gasteiger partial charge is 0.423 e. The maximum absolute atomic E-state index is 13.2. The van der Waals surface area contributed by atoms with Gasteiger partial charge < -0.3 is 9.47 Å². The van der Waals surface area contributed by atoms with Crippen LogP contribution in [0.5, 0.6) is 0 Å². The standard InChI is InChI=1S/C20H24ClNO5/c1-7-25-11-26-22-18(23)16(15-12(2)9-8-10-13(15)3)17(20(22,5)6)27-19(24)14(4)21/h8-10H,4,7,11H2,1-3,5-6H3. The smallest absolute Gasteiger partial charge is 0.354 e. The molecule has 2 rings (SSSR count). The van der Waals surface area contributed by atoms with Crippen LogP contribution in [0.3, 0.4) is 0 Å². The number of hydrogen-bond acceptors (Lipinski definition) is 5. The fourth-order valence-electron chi connectivity index (χ4n) is 3.00. The highest BCUT2D eigenvalue weighted by molar-refractivity contribution is 6.41. The predicted octanol–water partition coefficient (Wildman–Crippen LogP) is 3.86. The Morgan fingerprint density at radius 2 is 1.85 bits per heavy atom. The van der Waals surface area contributed by atoms with Gasteiger partial charge in [-0.2, -0.15) is 0 Å². The normalized spacial score (nSPS) is 16.1. The number of ether oxygens (including phenoxy) is 2. The summed E-state index contributed by atoms with van der Waals surface area (Å²) in [7, 11) is 0.